The smallest absolute Gasteiger partial charge is 0.263 e. The van der Waals surface area contributed by atoms with E-state index in [-0.39, 0.29) is 24.0 Å². The van der Waals surface area contributed by atoms with Crippen molar-refractivity contribution in [3.8, 4) is 11.8 Å². The Hall–Kier alpha value is -2.98. The van der Waals surface area contributed by atoms with E-state index >= 15 is 0 Å². The fourth-order valence-electron chi connectivity index (χ4n) is 2.85. The average molecular weight is 325 g/mol. The molecule has 1 aromatic carbocycles. The molecule has 2 aliphatic heterocycles. The molecule has 2 heterocycles. The summed E-state index contributed by atoms with van der Waals surface area (Å²) < 4.78 is 0. The molecule has 24 heavy (non-hydrogen) atoms. The third-order valence-electron chi connectivity index (χ3n) is 3.96. The Labute approximate surface area is 138 Å². The van der Waals surface area contributed by atoms with E-state index in [2.05, 4.69) is 17.2 Å². The van der Waals surface area contributed by atoms with Crippen molar-refractivity contribution >= 4 is 23.6 Å². The van der Waals surface area contributed by atoms with E-state index < -0.39 is 29.7 Å². The number of carbonyl (C=O) groups excluding carboxylic acids is 4. The molecule has 0 radical (unpaired) electrons. The molecular formula is C17H15N3O4. The van der Waals surface area contributed by atoms with Crippen LogP contribution in [-0.4, -0.2) is 41.1 Å². The molecule has 1 atom stereocenters. The maximum Gasteiger partial charge on any atom is 0.263 e. The average Bonchev–Trinajstić information content (AvgIpc) is 2.81. The van der Waals surface area contributed by atoms with Gasteiger partial charge in [-0.2, -0.15) is 0 Å². The van der Waals surface area contributed by atoms with Crippen LogP contribution in [0.3, 0.4) is 0 Å². The molecule has 122 valence electrons. The molecule has 4 amide bonds. The van der Waals surface area contributed by atoms with Crippen LogP contribution < -0.4 is 11.1 Å². The van der Waals surface area contributed by atoms with Crippen LogP contribution in [0, 0.1) is 11.8 Å². The molecule has 3 rings (SSSR count). The van der Waals surface area contributed by atoms with Gasteiger partial charge >= 0.3 is 0 Å². The van der Waals surface area contributed by atoms with E-state index in [4.69, 9.17) is 5.73 Å². The number of nitrogens with two attached hydrogens (primary N) is 1. The summed E-state index contributed by atoms with van der Waals surface area (Å²) in [6.07, 6.45) is 0.694. The molecule has 1 saturated heterocycles. The minimum absolute atomic E-state index is 0.0903. The van der Waals surface area contributed by atoms with E-state index in [0.29, 0.717) is 18.5 Å². The lowest BCUT2D eigenvalue weighted by molar-refractivity contribution is -0.136. The summed E-state index contributed by atoms with van der Waals surface area (Å²) >= 11 is 0. The summed E-state index contributed by atoms with van der Waals surface area (Å²) in [5, 5.41) is 2.16. The maximum absolute atomic E-state index is 12.7. The van der Waals surface area contributed by atoms with Crippen LogP contribution in [0.5, 0.6) is 0 Å². The molecule has 0 spiro atoms. The van der Waals surface area contributed by atoms with Gasteiger partial charge in [0.2, 0.25) is 11.8 Å². The molecule has 2 aliphatic rings. The van der Waals surface area contributed by atoms with Gasteiger partial charge in [0.1, 0.15) is 6.04 Å². The lowest BCUT2D eigenvalue weighted by Crippen LogP contribution is -2.54. The first-order valence-electron chi connectivity index (χ1n) is 7.58. The molecule has 0 aliphatic carbocycles. The molecule has 1 fully saturated rings. The molecule has 7 heteroatoms. The third kappa shape index (κ3) is 2.57. The van der Waals surface area contributed by atoms with Crippen molar-refractivity contribution in [3.05, 3.63) is 34.9 Å². The summed E-state index contributed by atoms with van der Waals surface area (Å²) in [6, 6.07) is 3.86. The lowest BCUT2D eigenvalue weighted by Gasteiger charge is -2.27. The van der Waals surface area contributed by atoms with E-state index in [1.165, 1.54) is 6.07 Å². The number of carbonyl (C=O) groups is 4. The Morgan fingerprint density at radius 1 is 1.21 bits per heavy atom. The van der Waals surface area contributed by atoms with Gasteiger partial charge < -0.3 is 5.73 Å². The number of imide groups is 2. The second kappa shape index (κ2) is 6.26. The number of nitrogens with zero attached hydrogens (tertiary/aromatic N) is 1. The van der Waals surface area contributed by atoms with Crippen LogP contribution in [0.25, 0.3) is 0 Å². The number of benzene rings is 1. The summed E-state index contributed by atoms with van der Waals surface area (Å²) in [5.41, 5.74) is 6.27. The Morgan fingerprint density at radius 3 is 2.71 bits per heavy atom. The van der Waals surface area contributed by atoms with Crippen molar-refractivity contribution in [2.45, 2.75) is 25.3 Å². The molecule has 7 nitrogen and oxygen atoms in total. The van der Waals surface area contributed by atoms with E-state index in [0.717, 1.165) is 4.90 Å². The fraction of sp³-hybridized carbons (Fsp3) is 0.294. The first-order chi connectivity index (χ1) is 11.5. The quantitative estimate of drug-likeness (QED) is 0.577. The number of hydrogen-bond donors (Lipinski definition) is 2. The summed E-state index contributed by atoms with van der Waals surface area (Å²) in [4.78, 5) is 49.5. The number of amides is 4. The predicted octanol–water partition coefficient (Wildman–Crippen LogP) is -0.212. The van der Waals surface area contributed by atoms with Gasteiger partial charge in [-0.25, -0.2) is 0 Å². The van der Waals surface area contributed by atoms with Crippen LogP contribution >= 0.6 is 0 Å². The van der Waals surface area contributed by atoms with Crippen molar-refractivity contribution in [1.82, 2.24) is 10.2 Å². The highest BCUT2D eigenvalue weighted by Crippen LogP contribution is 2.29. The van der Waals surface area contributed by atoms with Gasteiger partial charge in [0.25, 0.3) is 11.8 Å². The fourth-order valence-corrected chi connectivity index (χ4v) is 2.85. The zero-order chi connectivity index (χ0) is 17.3. The van der Waals surface area contributed by atoms with Crippen LogP contribution in [-0.2, 0) is 9.59 Å². The van der Waals surface area contributed by atoms with Gasteiger partial charge in [-0.1, -0.05) is 17.9 Å². The minimum atomic E-state index is -0.972. The summed E-state index contributed by atoms with van der Waals surface area (Å²) in [5.74, 6) is 3.58. The monoisotopic (exact) mass is 325 g/mol. The number of piperidine rings is 1. The van der Waals surface area contributed by atoms with E-state index in [1.807, 2.05) is 0 Å². The highest BCUT2D eigenvalue weighted by molar-refractivity contribution is 6.24. The predicted molar refractivity (Wildman–Crippen MR) is 83.7 cm³/mol. The Bertz CT molecular complexity index is 819. The largest absolute Gasteiger partial charge is 0.330 e. The molecular weight excluding hydrogens is 310 g/mol. The number of fused-ring (bicyclic) bond motifs is 1. The first kappa shape index (κ1) is 15.9. The topological polar surface area (TPSA) is 110 Å². The summed E-state index contributed by atoms with van der Waals surface area (Å²) in [6.45, 7) is 0.400. The van der Waals surface area contributed by atoms with Gasteiger partial charge in [0.05, 0.1) is 11.1 Å². The Kier molecular flexibility index (Phi) is 4.15. The Morgan fingerprint density at radius 2 is 2.00 bits per heavy atom. The van der Waals surface area contributed by atoms with Crippen molar-refractivity contribution in [3.63, 3.8) is 0 Å². The van der Waals surface area contributed by atoms with E-state index in [1.54, 1.807) is 12.1 Å². The van der Waals surface area contributed by atoms with Crippen LogP contribution in [0.4, 0.5) is 0 Å². The van der Waals surface area contributed by atoms with Gasteiger partial charge in [-0.3, -0.25) is 29.4 Å². The van der Waals surface area contributed by atoms with Gasteiger partial charge in [-0.05, 0) is 18.6 Å². The molecule has 3 N–H and O–H groups in total. The lowest BCUT2D eigenvalue weighted by atomic mass is 10.0. The normalized spacial score (nSPS) is 19.7. The van der Waals surface area contributed by atoms with Gasteiger partial charge in [-0.15, -0.1) is 0 Å². The van der Waals surface area contributed by atoms with Gasteiger partial charge in [0, 0.05) is 24.9 Å². The molecule has 1 unspecified atom stereocenters. The highest BCUT2D eigenvalue weighted by atomic mass is 16.2. The summed E-state index contributed by atoms with van der Waals surface area (Å²) in [7, 11) is 0. The second-order valence-corrected chi connectivity index (χ2v) is 5.52. The zero-order valence-electron chi connectivity index (χ0n) is 12.8. The maximum atomic E-state index is 12.7. The minimum Gasteiger partial charge on any atom is -0.330 e. The molecule has 1 aromatic rings. The van der Waals surface area contributed by atoms with Crippen molar-refractivity contribution in [2.75, 3.05) is 6.54 Å². The third-order valence-corrected chi connectivity index (χ3v) is 3.96. The molecule has 0 aromatic heterocycles. The number of hydrogen-bond acceptors (Lipinski definition) is 5. The van der Waals surface area contributed by atoms with Crippen molar-refractivity contribution < 1.29 is 19.2 Å². The van der Waals surface area contributed by atoms with E-state index in [9.17, 15) is 19.2 Å². The zero-order valence-corrected chi connectivity index (χ0v) is 12.8. The number of nitrogens with one attached hydrogen (secondary N) is 1. The molecule has 0 bridgehead atoms. The highest BCUT2D eigenvalue weighted by Gasteiger charge is 2.45. The Balaban J connectivity index is 1.97. The van der Waals surface area contributed by atoms with Gasteiger partial charge in [0.15, 0.2) is 0 Å². The first-order valence-corrected chi connectivity index (χ1v) is 7.58. The van der Waals surface area contributed by atoms with Crippen LogP contribution in [0.1, 0.15) is 45.5 Å². The van der Waals surface area contributed by atoms with Crippen LogP contribution in [0.2, 0.25) is 0 Å². The standard InChI is InChI=1S/C17H15N3O4/c18-9-2-1-4-10-5-3-6-11-14(10)17(24)20(16(11)23)12-7-8-13(21)19-15(12)22/h3,5-6,12H,2,7-9,18H2,(H,19,21,22). The molecule has 0 saturated carbocycles. The van der Waals surface area contributed by atoms with Crippen LogP contribution in [0.15, 0.2) is 18.2 Å². The van der Waals surface area contributed by atoms with Crippen molar-refractivity contribution in [2.24, 2.45) is 5.73 Å². The van der Waals surface area contributed by atoms with Crippen molar-refractivity contribution in [1.29, 1.82) is 0 Å². The number of rotatable bonds is 2. The SMILES string of the molecule is NCCC#Cc1cccc2c1C(=O)N(C1CCC(=O)NC1=O)C2=O. The second-order valence-electron chi connectivity index (χ2n) is 5.52.